The first-order chi connectivity index (χ1) is 8.49. The molecule has 0 bridgehead atoms. The molecular weight excluding hydrogens is 267 g/mol. The molecule has 1 aromatic carbocycles. The summed E-state index contributed by atoms with van der Waals surface area (Å²) in [5, 5.41) is 2.82. The van der Waals surface area contributed by atoms with E-state index in [0.717, 1.165) is 12.0 Å². The molecule has 3 N–H and O–H groups in total. The zero-order chi connectivity index (χ0) is 13.5. The minimum Gasteiger partial charge on any atom is -0.356 e. The number of carbonyl (C=O) groups is 1. The monoisotopic (exact) mass is 288 g/mol. The van der Waals surface area contributed by atoms with Crippen molar-refractivity contribution >= 4 is 18.3 Å². The van der Waals surface area contributed by atoms with Gasteiger partial charge in [-0.3, -0.25) is 4.79 Å². The van der Waals surface area contributed by atoms with Crippen LogP contribution >= 0.6 is 12.4 Å². The van der Waals surface area contributed by atoms with E-state index >= 15 is 0 Å². The van der Waals surface area contributed by atoms with E-state index in [1.54, 1.807) is 6.07 Å². The highest BCUT2D eigenvalue weighted by Gasteiger charge is 2.11. The molecule has 1 aromatic rings. The van der Waals surface area contributed by atoms with Crippen molar-refractivity contribution in [3.05, 3.63) is 35.6 Å². The molecule has 0 aromatic heterocycles. The van der Waals surface area contributed by atoms with Crippen molar-refractivity contribution in [2.24, 2.45) is 5.73 Å². The highest BCUT2D eigenvalue weighted by molar-refractivity contribution is 5.85. The van der Waals surface area contributed by atoms with Gasteiger partial charge in [0.15, 0.2) is 0 Å². The van der Waals surface area contributed by atoms with Gasteiger partial charge in [-0.05, 0) is 37.0 Å². The fraction of sp³-hybridized carbons (Fsp3) is 0.500. The first-order valence-corrected chi connectivity index (χ1v) is 6.26. The molecule has 1 amide bonds. The van der Waals surface area contributed by atoms with Crippen molar-refractivity contribution in [3.8, 4) is 0 Å². The van der Waals surface area contributed by atoms with E-state index in [9.17, 15) is 9.18 Å². The molecule has 0 radical (unpaired) electrons. The zero-order valence-electron chi connectivity index (χ0n) is 11.4. The summed E-state index contributed by atoms with van der Waals surface area (Å²) >= 11 is 0. The fourth-order valence-electron chi connectivity index (χ4n) is 1.72. The van der Waals surface area contributed by atoms with Gasteiger partial charge in [0, 0.05) is 19.0 Å². The van der Waals surface area contributed by atoms with Crippen LogP contribution in [0.25, 0.3) is 0 Å². The third kappa shape index (κ3) is 7.13. The molecule has 0 heterocycles. The Morgan fingerprint density at radius 2 is 2.11 bits per heavy atom. The van der Waals surface area contributed by atoms with Gasteiger partial charge in [0.2, 0.25) is 5.91 Å². The van der Waals surface area contributed by atoms with Crippen LogP contribution in [0.5, 0.6) is 0 Å². The van der Waals surface area contributed by atoms with Crippen LogP contribution in [-0.4, -0.2) is 18.5 Å². The number of rotatable bonds is 6. The summed E-state index contributed by atoms with van der Waals surface area (Å²) in [7, 11) is 0. The largest absolute Gasteiger partial charge is 0.356 e. The summed E-state index contributed by atoms with van der Waals surface area (Å²) in [6.07, 6.45) is 1.13. The lowest BCUT2D eigenvalue weighted by Crippen LogP contribution is -2.29. The molecule has 5 heteroatoms. The molecular formula is C14H22ClFN2O. The summed E-state index contributed by atoms with van der Waals surface area (Å²) in [5.74, 6) is -0.278. The van der Waals surface area contributed by atoms with Gasteiger partial charge in [-0.1, -0.05) is 19.1 Å². The van der Waals surface area contributed by atoms with Crippen LogP contribution in [0, 0.1) is 5.82 Å². The van der Waals surface area contributed by atoms with E-state index in [0.29, 0.717) is 13.0 Å². The number of nitrogens with one attached hydrogen (secondary N) is 1. The van der Waals surface area contributed by atoms with E-state index in [2.05, 4.69) is 5.32 Å². The molecule has 19 heavy (non-hydrogen) atoms. The van der Waals surface area contributed by atoms with Gasteiger partial charge in [0.1, 0.15) is 5.82 Å². The molecule has 0 fully saturated rings. The Labute approximate surface area is 120 Å². The van der Waals surface area contributed by atoms with Crippen LogP contribution in [0.2, 0.25) is 0 Å². The standard InChI is InChI=1S/C14H21FN2O.ClH/c1-10(12-4-3-5-13(15)9-12)8-14(18)17-7-6-11(2)16;/h3-5,9-11H,6-8,16H2,1-2H3,(H,17,18);1H. The molecule has 2 atom stereocenters. The molecule has 2 unspecified atom stereocenters. The average molecular weight is 289 g/mol. The molecule has 0 aliphatic heterocycles. The van der Waals surface area contributed by atoms with Gasteiger partial charge in [0.05, 0.1) is 0 Å². The zero-order valence-corrected chi connectivity index (χ0v) is 12.2. The third-order valence-electron chi connectivity index (χ3n) is 2.83. The number of benzene rings is 1. The Balaban J connectivity index is 0.00000324. The molecule has 0 aliphatic carbocycles. The average Bonchev–Trinajstić information content (AvgIpc) is 2.28. The molecule has 0 saturated carbocycles. The summed E-state index contributed by atoms with van der Waals surface area (Å²) in [5.41, 5.74) is 6.44. The third-order valence-corrected chi connectivity index (χ3v) is 2.83. The Hall–Kier alpha value is -1.13. The maximum atomic E-state index is 13.0. The topological polar surface area (TPSA) is 55.1 Å². The van der Waals surface area contributed by atoms with Gasteiger partial charge >= 0.3 is 0 Å². The molecule has 3 nitrogen and oxygen atoms in total. The van der Waals surface area contributed by atoms with Gasteiger partial charge in [-0.25, -0.2) is 4.39 Å². The summed E-state index contributed by atoms with van der Waals surface area (Å²) in [6, 6.07) is 6.46. The van der Waals surface area contributed by atoms with Crippen LogP contribution in [0.3, 0.4) is 0 Å². The second kappa shape index (κ2) is 8.88. The fourth-order valence-corrected chi connectivity index (χ4v) is 1.72. The van der Waals surface area contributed by atoms with Crippen LogP contribution in [0.1, 0.15) is 38.2 Å². The van der Waals surface area contributed by atoms with E-state index in [1.165, 1.54) is 12.1 Å². The van der Waals surface area contributed by atoms with E-state index in [-0.39, 0.29) is 36.1 Å². The lowest BCUT2D eigenvalue weighted by atomic mass is 9.97. The van der Waals surface area contributed by atoms with Crippen LogP contribution in [0.4, 0.5) is 4.39 Å². The predicted octanol–water partition coefficient (Wildman–Crippen LogP) is 2.59. The number of hydrogen-bond acceptors (Lipinski definition) is 2. The Bertz CT molecular complexity index is 399. The first-order valence-electron chi connectivity index (χ1n) is 6.26. The second-order valence-electron chi connectivity index (χ2n) is 4.78. The normalized spacial score (nSPS) is 13.3. The van der Waals surface area contributed by atoms with Gasteiger partial charge in [-0.15, -0.1) is 12.4 Å². The van der Waals surface area contributed by atoms with Crippen LogP contribution < -0.4 is 11.1 Å². The highest BCUT2D eigenvalue weighted by atomic mass is 35.5. The van der Waals surface area contributed by atoms with Crippen molar-refractivity contribution in [2.45, 2.75) is 38.6 Å². The molecule has 0 spiro atoms. The Kier molecular flexibility index (Phi) is 8.35. The minimum absolute atomic E-state index is 0. The molecule has 108 valence electrons. The van der Waals surface area contributed by atoms with Crippen molar-refractivity contribution in [3.63, 3.8) is 0 Å². The van der Waals surface area contributed by atoms with Gasteiger partial charge < -0.3 is 11.1 Å². The first kappa shape index (κ1) is 17.9. The van der Waals surface area contributed by atoms with Crippen LogP contribution in [0.15, 0.2) is 24.3 Å². The van der Waals surface area contributed by atoms with Crippen LogP contribution in [-0.2, 0) is 4.79 Å². The number of nitrogens with two attached hydrogens (primary N) is 1. The van der Waals surface area contributed by atoms with E-state index in [1.807, 2.05) is 19.9 Å². The van der Waals surface area contributed by atoms with Crippen molar-refractivity contribution in [2.75, 3.05) is 6.54 Å². The Morgan fingerprint density at radius 3 is 2.68 bits per heavy atom. The van der Waals surface area contributed by atoms with Gasteiger partial charge in [-0.2, -0.15) is 0 Å². The molecule has 1 rings (SSSR count). The van der Waals surface area contributed by atoms with Crippen molar-refractivity contribution in [1.29, 1.82) is 0 Å². The quantitative estimate of drug-likeness (QED) is 0.845. The number of halogens is 2. The Morgan fingerprint density at radius 1 is 1.42 bits per heavy atom. The maximum Gasteiger partial charge on any atom is 0.220 e. The SMILES string of the molecule is CC(N)CCNC(=O)CC(C)c1cccc(F)c1.Cl. The maximum absolute atomic E-state index is 13.0. The molecule has 0 aliphatic rings. The lowest BCUT2D eigenvalue weighted by molar-refractivity contribution is -0.121. The predicted molar refractivity (Wildman–Crippen MR) is 78.0 cm³/mol. The number of amides is 1. The van der Waals surface area contributed by atoms with E-state index in [4.69, 9.17) is 5.73 Å². The van der Waals surface area contributed by atoms with Gasteiger partial charge in [0.25, 0.3) is 0 Å². The summed E-state index contributed by atoms with van der Waals surface area (Å²) < 4.78 is 13.0. The summed E-state index contributed by atoms with van der Waals surface area (Å²) in [4.78, 5) is 11.6. The van der Waals surface area contributed by atoms with Crippen molar-refractivity contribution in [1.82, 2.24) is 5.32 Å². The smallest absolute Gasteiger partial charge is 0.220 e. The van der Waals surface area contributed by atoms with Crippen molar-refractivity contribution < 1.29 is 9.18 Å². The second-order valence-corrected chi connectivity index (χ2v) is 4.78. The number of hydrogen-bond donors (Lipinski definition) is 2. The minimum atomic E-state index is -0.267. The summed E-state index contributed by atoms with van der Waals surface area (Å²) in [6.45, 7) is 4.41. The number of carbonyl (C=O) groups excluding carboxylic acids is 1. The van der Waals surface area contributed by atoms with E-state index < -0.39 is 0 Å². The lowest BCUT2D eigenvalue weighted by Gasteiger charge is -2.12. The highest BCUT2D eigenvalue weighted by Crippen LogP contribution is 2.19. The molecule has 0 saturated heterocycles.